The van der Waals surface area contributed by atoms with Gasteiger partial charge in [0.25, 0.3) is 0 Å². The number of fused-ring (bicyclic) bond motifs is 1. The maximum Gasteiger partial charge on any atom is 0.243 e. The molecule has 2 aromatic carbocycles. The number of imide groups is 1. The topological polar surface area (TPSA) is 86.8 Å². The molecule has 1 saturated heterocycles. The molecule has 0 radical (unpaired) electrons. The zero-order chi connectivity index (χ0) is 27.1. The fraction of sp³-hybridized carbons (Fsp3) is 0.419. The molecule has 1 aliphatic heterocycles. The number of rotatable bonds is 11. The summed E-state index contributed by atoms with van der Waals surface area (Å²) in [5, 5.41) is 3.06. The van der Waals surface area contributed by atoms with Gasteiger partial charge in [0.1, 0.15) is 6.04 Å². The highest BCUT2D eigenvalue weighted by Crippen LogP contribution is 2.35. The molecule has 4 amide bonds. The first-order valence-electron chi connectivity index (χ1n) is 13.6. The normalized spacial score (nSPS) is 20.1. The van der Waals surface area contributed by atoms with Crippen LogP contribution in [0.15, 0.2) is 72.8 Å². The van der Waals surface area contributed by atoms with Crippen molar-refractivity contribution >= 4 is 23.6 Å². The largest absolute Gasteiger partial charge is 0.352 e. The van der Waals surface area contributed by atoms with Crippen molar-refractivity contribution in [2.45, 2.75) is 64.6 Å². The van der Waals surface area contributed by atoms with Gasteiger partial charge in [-0.05, 0) is 37.3 Å². The van der Waals surface area contributed by atoms with E-state index in [9.17, 15) is 19.2 Å². The highest BCUT2D eigenvalue weighted by molar-refractivity contribution is 6.05. The summed E-state index contributed by atoms with van der Waals surface area (Å²) >= 11 is 0. The fourth-order valence-electron chi connectivity index (χ4n) is 5.22. The lowest BCUT2D eigenvalue weighted by Gasteiger charge is -2.32. The van der Waals surface area contributed by atoms with Crippen LogP contribution in [0.25, 0.3) is 0 Å². The molecule has 7 nitrogen and oxygen atoms in total. The molecule has 2 aliphatic rings. The molecule has 1 N–H and O–H groups in total. The van der Waals surface area contributed by atoms with E-state index in [2.05, 4.69) is 5.32 Å². The maximum atomic E-state index is 13.8. The zero-order valence-corrected chi connectivity index (χ0v) is 22.2. The average molecular weight is 516 g/mol. The van der Waals surface area contributed by atoms with Gasteiger partial charge in [0, 0.05) is 32.0 Å². The number of hydrogen-bond donors (Lipinski definition) is 1. The van der Waals surface area contributed by atoms with Gasteiger partial charge in [-0.1, -0.05) is 79.7 Å². The van der Waals surface area contributed by atoms with Crippen LogP contribution >= 0.6 is 0 Å². The standard InChI is InChI=1S/C31H37N3O4/c1-3-22(2)32-29(36)27(20-23-12-6-4-7-13-23)34(21-24-14-8-5-9-15-24)28(35)18-19-33-30(37)25-16-10-11-17-26(25)31(33)38/h4-15,22,25-27H,3,16-21H2,1-2H3,(H,32,36)/t22-,25-,26+,27-/m0/s1. The van der Waals surface area contributed by atoms with E-state index in [4.69, 9.17) is 0 Å². The van der Waals surface area contributed by atoms with Crippen molar-refractivity contribution in [3.63, 3.8) is 0 Å². The van der Waals surface area contributed by atoms with E-state index in [1.807, 2.05) is 86.7 Å². The number of hydrogen-bond acceptors (Lipinski definition) is 4. The second-order valence-corrected chi connectivity index (χ2v) is 10.3. The molecule has 1 aliphatic carbocycles. The molecule has 4 rings (SSSR count). The Labute approximate surface area is 224 Å². The molecular formula is C31H37N3O4. The zero-order valence-electron chi connectivity index (χ0n) is 22.2. The Hall–Kier alpha value is -3.74. The predicted molar refractivity (Wildman–Crippen MR) is 146 cm³/mol. The minimum absolute atomic E-state index is 0.0276. The molecule has 0 spiro atoms. The third-order valence-electron chi connectivity index (χ3n) is 7.62. The Balaban J connectivity index is 1.57. The average Bonchev–Trinajstić information content (AvgIpc) is 3.19. The number of allylic oxidation sites excluding steroid dienone is 2. The van der Waals surface area contributed by atoms with Crippen LogP contribution < -0.4 is 5.32 Å². The van der Waals surface area contributed by atoms with Gasteiger partial charge in [0.2, 0.25) is 23.6 Å². The van der Waals surface area contributed by atoms with Crippen LogP contribution in [0.1, 0.15) is 50.7 Å². The molecule has 200 valence electrons. The van der Waals surface area contributed by atoms with Crippen molar-refractivity contribution in [1.29, 1.82) is 0 Å². The van der Waals surface area contributed by atoms with Gasteiger partial charge in [0.05, 0.1) is 11.8 Å². The van der Waals surface area contributed by atoms with E-state index >= 15 is 0 Å². The number of amides is 4. The summed E-state index contributed by atoms with van der Waals surface area (Å²) in [6, 6.07) is 18.5. The molecule has 4 atom stereocenters. The lowest BCUT2D eigenvalue weighted by atomic mass is 9.85. The van der Waals surface area contributed by atoms with Gasteiger partial charge in [-0.25, -0.2) is 0 Å². The SMILES string of the molecule is CC[C@H](C)NC(=O)[C@H](Cc1ccccc1)N(Cc1ccccc1)C(=O)CCN1C(=O)[C@H]2CC=CC[C@H]2C1=O. The fourth-order valence-corrected chi connectivity index (χ4v) is 5.22. The number of nitrogens with one attached hydrogen (secondary N) is 1. The summed E-state index contributed by atoms with van der Waals surface area (Å²) in [6.07, 6.45) is 6.13. The summed E-state index contributed by atoms with van der Waals surface area (Å²) in [4.78, 5) is 56.1. The van der Waals surface area contributed by atoms with Crippen LogP contribution in [-0.4, -0.2) is 52.1 Å². The van der Waals surface area contributed by atoms with Crippen LogP contribution in [0, 0.1) is 11.8 Å². The van der Waals surface area contributed by atoms with Crippen molar-refractivity contribution in [2.75, 3.05) is 6.54 Å². The van der Waals surface area contributed by atoms with E-state index in [1.54, 1.807) is 4.90 Å². The molecule has 0 saturated carbocycles. The van der Waals surface area contributed by atoms with Crippen molar-refractivity contribution < 1.29 is 19.2 Å². The molecule has 1 heterocycles. The van der Waals surface area contributed by atoms with E-state index in [0.717, 1.165) is 17.5 Å². The Kier molecular flexibility index (Phi) is 9.10. The van der Waals surface area contributed by atoms with Gasteiger partial charge >= 0.3 is 0 Å². The van der Waals surface area contributed by atoms with Crippen LogP contribution in [0.4, 0.5) is 0 Å². The number of benzene rings is 2. The van der Waals surface area contributed by atoms with E-state index in [-0.39, 0.29) is 61.0 Å². The van der Waals surface area contributed by atoms with Crippen molar-refractivity contribution in [3.05, 3.63) is 83.9 Å². The second kappa shape index (κ2) is 12.7. The summed E-state index contributed by atoms with van der Waals surface area (Å²) in [5.41, 5.74) is 1.85. The Morgan fingerprint density at radius 3 is 2.03 bits per heavy atom. The number of carbonyl (C=O) groups is 4. The monoisotopic (exact) mass is 515 g/mol. The number of likely N-dealkylation sites (tertiary alicyclic amines) is 1. The quantitative estimate of drug-likeness (QED) is 0.364. The van der Waals surface area contributed by atoms with Crippen LogP contribution in [0.2, 0.25) is 0 Å². The highest BCUT2D eigenvalue weighted by atomic mass is 16.2. The van der Waals surface area contributed by atoms with Crippen LogP contribution in [0.3, 0.4) is 0 Å². The summed E-state index contributed by atoms with van der Waals surface area (Å²) in [6.45, 7) is 4.23. The minimum Gasteiger partial charge on any atom is -0.352 e. The van der Waals surface area contributed by atoms with Crippen LogP contribution in [0.5, 0.6) is 0 Å². The Bertz CT molecular complexity index is 1140. The third kappa shape index (κ3) is 6.39. The van der Waals surface area contributed by atoms with Crippen molar-refractivity contribution in [3.8, 4) is 0 Å². The second-order valence-electron chi connectivity index (χ2n) is 10.3. The lowest BCUT2D eigenvalue weighted by Crippen LogP contribution is -2.52. The highest BCUT2D eigenvalue weighted by Gasteiger charge is 2.47. The molecule has 38 heavy (non-hydrogen) atoms. The summed E-state index contributed by atoms with van der Waals surface area (Å²) < 4.78 is 0. The predicted octanol–water partition coefficient (Wildman–Crippen LogP) is 3.88. The summed E-state index contributed by atoms with van der Waals surface area (Å²) in [7, 11) is 0. The van der Waals surface area contributed by atoms with E-state index in [1.165, 1.54) is 4.90 Å². The van der Waals surface area contributed by atoms with Gasteiger partial charge in [0.15, 0.2) is 0 Å². The first-order valence-corrected chi connectivity index (χ1v) is 13.6. The molecule has 7 heteroatoms. The van der Waals surface area contributed by atoms with Crippen molar-refractivity contribution in [2.24, 2.45) is 11.8 Å². The Morgan fingerprint density at radius 1 is 0.921 bits per heavy atom. The van der Waals surface area contributed by atoms with Gasteiger partial charge in [-0.3, -0.25) is 24.1 Å². The van der Waals surface area contributed by atoms with Crippen molar-refractivity contribution in [1.82, 2.24) is 15.1 Å². The molecule has 0 bridgehead atoms. The minimum atomic E-state index is -0.740. The molecule has 0 aromatic heterocycles. The first kappa shape index (κ1) is 27.3. The number of carbonyl (C=O) groups excluding carboxylic acids is 4. The molecular weight excluding hydrogens is 478 g/mol. The van der Waals surface area contributed by atoms with Crippen LogP contribution in [-0.2, 0) is 32.1 Å². The van der Waals surface area contributed by atoms with Gasteiger partial charge < -0.3 is 10.2 Å². The first-order chi connectivity index (χ1) is 18.4. The molecule has 2 aromatic rings. The van der Waals surface area contributed by atoms with Gasteiger partial charge in [-0.2, -0.15) is 0 Å². The van der Waals surface area contributed by atoms with Gasteiger partial charge in [-0.15, -0.1) is 0 Å². The maximum absolute atomic E-state index is 13.8. The Morgan fingerprint density at radius 2 is 1.47 bits per heavy atom. The number of nitrogens with zero attached hydrogens (tertiary/aromatic N) is 2. The summed E-state index contributed by atoms with van der Waals surface area (Å²) in [5.74, 6) is -1.50. The smallest absolute Gasteiger partial charge is 0.243 e. The van der Waals surface area contributed by atoms with E-state index in [0.29, 0.717) is 19.3 Å². The third-order valence-corrected chi connectivity index (χ3v) is 7.62. The molecule has 0 unspecified atom stereocenters. The lowest BCUT2D eigenvalue weighted by molar-refractivity contribution is -0.144. The molecule has 1 fully saturated rings. The van der Waals surface area contributed by atoms with E-state index < -0.39 is 6.04 Å².